The maximum Gasteiger partial charge on any atom is 0.222 e. The van der Waals surface area contributed by atoms with E-state index in [-0.39, 0.29) is 0 Å². The van der Waals surface area contributed by atoms with Gasteiger partial charge in [0.05, 0.1) is 5.56 Å². The second-order valence-corrected chi connectivity index (χ2v) is 8.40. The van der Waals surface area contributed by atoms with Crippen molar-refractivity contribution in [3.05, 3.63) is 22.3 Å². The lowest BCUT2D eigenvalue weighted by Crippen LogP contribution is -2.41. The molecule has 24 heavy (non-hydrogen) atoms. The van der Waals surface area contributed by atoms with Crippen LogP contribution in [0.2, 0.25) is 0 Å². The quantitative estimate of drug-likeness (QED) is 0.769. The van der Waals surface area contributed by atoms with E-state index in [0.717, 1.165) is 60.8 Å². The monoisotopic (exact) mass is 408 g/mol. The van der Waals surface area contributed by atoms with Gasteiger partial charge in [-0.3, -0.25) is 4.79 Å². The van der Waals surface area contributed by atoms with Crippen LogP contribution in [0.1, 0.15) is 24.8 Å². The number of pyridine rings is 1. The van der Waals surface area contributed by atoms with Crippen molar-refractivity contribution in [3.63, 3.8) is 0 Å². The number of halogens is 1. The van der Waals surface area contributed by atoms with Gasteiger partial charge in [0.25, 0.3) is 0 Å². The van der Waals surface area contributed by atoms with Crippen LogP contribution in [0.3, 0.4) is 0 Å². The van der Waals surface area contributed by atoms with E-state index < -0.39 is 0 Å². The van der Waals surface area contributed by atoms with E-state index in [4.69, 9.17) is 0 Å². The third-order valence-corrected chi connectivity index (χ3v) is 6.07. The number of piperidine rings is 1. The molecule has 3 heterocycles. The molecule has 5 nitrogen and oxygen atoms in total. The van der Waals surface area contributed by atoms with Crippen LogP contribution in [0.15, 0.2) is 16.7 Å². The van der Waals surface area contributed by atoms with Crippen LogP contribution in [-0.2, 0) is 4.79 Å². The minimum absolute atomic E-state index is 0.313. The van der Waals surface area contributed by atoms with Gasteiger partial charge in [-0.05, 0) is 40.8 Å². The van der Waals surface area contributed by atoms with Crippen molar-refractivity contribution in [2.24, 2.45) is 5.92 Å². The summed E-state index contributed by atoms with van der Waals surface area (Å²) in [6.07, 6.45) is 4.37. The van der Waals surface area contributed by atoms with Crippen molar-refractivity contribution in [2.45, 2.75) is 19.3 Å². The van der Waals surface area contributed by atoms with Crippen molar-refractivity contribution in [3.8, 4) is 6.07 Å². The molecule has 0 aromatic carbocycles. The Hall–Kier alpha value is -1.26. The number of hydrogen-bond donors (Lipinski definition) is 0. The van der Waals surface area contributed by atoms with E-state index in [1.807, 2.05) is 22.7 Å². The van der Waals surface area contributed by atoms with Gasteiger partial charge in [-0.2, -0.15) is 17.0 Å². The van der Waals surface area contributed by atoms with Gasteiger partial charge in [-0.15, -0.1) is 0 Å². The third-order valence-electron chi connectivity index (χ3n) is 4.69. The molecular weight excluding hydrogens is 388 g/mol. The summed E-state index contributed by atoms with van der Waals surface area (Å²) in [5.41, 5.74) is 0.602. The Balaban J connectivity index is 1.54. The number of nitriles is 1. The molecule has 128 valence electrons. The van der Waals surface area contributed by atoms with Crippen LogP contribution in [0, 0.1) is 17.2 Å². The standard InChI is InChI=1S/C17H21BrN4OS/c18-15-10-14(11-19)17(20-12-15)22-3-1-13(2-4-22)9-16(23)21-5-7-24-8-6-21/h10,12-13H,1-9H2. The average Bonchev–Trinajstić information content (AvgIpc) is 2.63. The van der Waals surface area contributed by atoms with Crippen LogP contribution in [0.25, 0.3) is 0 Å². The molecule has 2 fully saturated rings. The first kappa shape index (κ1) is 17.6. The number of anilines is 1. The van der Waals surface area contributed by atoms with Crippen molar-refractivity contribution in [2.75, 3.05) is 42.6 Å². The highest BCUT2D eigenvalue weighted by Crippen LogP contribution is 2.28. The number of amides is 1. The molecule has 2 aliphatic heterocycles. The number of nitrogens with zero attached hydrogens (tertiary/aromatic N) is 4. The highest BCUT2D eigenvalue weighted by atomic mass is 79.9. The number of carbonyl (C=O) groups excluding carboxylic acids is 1. The average molecular weight is 409 g/mol. The number of rotatable bonds is 3. The zero-order valence-corrected chi connectivity index (χ0v) is 16.0. The van der Waals surface area contributed by atoms with E-state index in [2.05, 4.69) is 31.9 Å². The molecule has 1 aromatic heterocycles. The fraction of sp³-hybridized carbons (Fsp3) is 0.588. The van der Waals surface area contributed by atoms with Gasteiger partial charge in [0.1, 0.15) is 11.9 Å². The Morgan fingerprint density at radius 1 is 1.33 bits per heavy atom. The molecule has 7 heteroatoms. The Morgan fingerprint density at radius 2 is 2.04 bits per heavy atom. The molecule has 0 N–H and O–H groups in total. The second kappa shape index (κ2) is 8.21. The van der Waals surface area contributed by atoms with Gasteiger partial charge in [-0.25, -0.2) is 4.98 Å². The van der Waals surface area contributed by atoms with Crippen LogP contribution >= 0.6 is 27.7 Å². The van der Waals surface area contributed by atoms with Crippen LogP contribution in [0.5, 0.6) is 0 Å². The molecule has 2 saturated heterocycles. The molecule has 0 aliphatic carbocycles. The number of hydrogen-bond acceptors (Lipinski definition) is 5. The smallest absolute Gasteiger partial charge is 0.222 e. The first-order chi connectivity index (χ1) is 11.7. The van der Waals surface area contributed by atoms with E-state index in [1.54, 1.807) is 6.20 Å². The molecule has 1 amide bonds. The topological polar surface area (TPSA) is 60.2 Å². The Morgan fingerprint density at radius 3 is 2.71 bits per heavy atom. The van der Waals surface area contributed by atoms with Crippen molar-refractivity contribution in [1.29, 1.82) is 5.26 Å². The zero-order chi connectivity index (χ0) is 16.9. The number of thioether (sulfide) groups is 1. The lowest BCUT2D eigenvalue weighted by molar-refractivity contribution is -0.132. The van der Waals surface area contributed by atoms with E-state index in [9.17, 15) is 10.1 Å². The lowest BCUT2D eigenvalue weighted by Gasteiger charge is -2.34. The van der Waals surface area contributed by atoms with Gasteiger partial charge in [0.15, 0.2) is 0 Å². The fourth-order valence-electron chi connectivity index (χ4n) is 3.30. The first-order valence-electron chi connectivity index (χ1n) is 8.33. The maximum absolute atomic E-state index is 12.4. The first-order valence-corrected chi connectivity index (χ1v) is 10.3. The fourth-order valence-corrected chi connectivity index (χ4v) is 4.54. The van der Waals surface area contributed by atoms with Crippen LogP contribution in [0.4, 0.5) is 5.82 Å². The summed E-state index contributed by atoms with van der Waals surface area (Å²) >= 11 is 5.29. The third kappa shape index (κ3) is 4.22. The van der Waals surface area contributed by atoms with Gasteiger partial charge in [-0.1, -0.05) is 0 Å². The largest absolute Gasteiger partial charge is 0.356 e. The molecular formula is C17H21BrN4OS. The Kier molecular flexibility index (Phi) is 6.01. The summed E-state index contributed by atoms with van der Waals surface area (Å²) < 4.78 is 0.822. The molecule has 3 rings (SSSR count). The van der Waals surface area contributed by atoms with Gasteiger partial charge < -0.3 is 9.80 Å². The van der Waals surface area contributed by atoms with Crippen molar-refractivity contribution >= 4 is 39.4 Å². The predicted molar refractivity (Wildman–Crippen MR) is 100 cm³/mol. The van der Waals surface area contributed by atoms with Crippen molar-refractivity contribution in [1.82, 2.24) is 9.88 Å². The molecule has 0 spiro atoms. The summed E-state index contributed by atoms with van der Waals surface area (Å²) in [5, 5.41) is 9.30. The summed E-state index contributed by atoms with van der Waals surface area (Å²) in [6.45, 7) is 3.52. The summed E-state index contributed by atoms with van der Waals surface area (Å²) in [5.74, 6) is 3.66. The molecule has 0 atom stereocenters. The van der Waals surface area contributed by atoms with Crippen LogP contribution in [-0.4, -0.2) is 53.5 Å². The summed E-state index contributed by atoms with van der Waals surface area (Å²) in [7, 11) is 0. The minimum atomic E-state index is 0.313. The van der Waals surface area contributed by atoms with Gasteiger partial charge in [0, 0.05) is 54.8 Å². The Bertz CT molecular complexity index is 634. The molecule has 0 saturated carbocycles. The predicted octanol–water partition coefficient (Wildman–Crippen LogP) is 2.90. The minimum Gasteiger partial charge on any atom is -0.356 e. The van der Waals surface area contributed by atoms with E-state index >= 15 is 0 Å². The Labute approximate surface area is 155 Å². The second-order valence-electron chi connectivity index (χ2n) is 6.26. The normalized spacial score (nSPS) is 19.2. The molecule has 0 radical (unpaired) electrons. The SMILES string of the molecule is N#Cc1cc(Br)cnc1N1CCC(CC(=O)N2CCSCC2)CC1. The van der Waals surface area contributed by atoms with E-state index in [1.165, 1.54) is 0 Å². The lowest BCUT2D eigenvalue weighted by atomic mass is 9.92. The summed E-state index contributed by atoms with van der Waals surface area (Å²) in [6, 6.07) is 4.04. The molecule has 2 aliphatic rings. The van der Waals surface area contributed by atoms with E-state index in [0.29, 0.717) is 23.8 Å². The molecule has 0 unspecified atom stereocenters. The van der Waals surface area contributed by atoms with Gasteiger partial charge in [0.2, 0.25) is 5.91 Å². The summed E-state index contributed by atoms with van der Waals surface area (Å²) in [4.78, 5) is 21.0. The highest BCUT2D eigenvalue weighted by Gasteiger charge is 2.26. The van der Waals surface area contributed by atoms with Crippen molar-refractivity contribution < 1.29 is 4.79 Å². The number of carbonyl (C=O) groups is 1. The highest BCUT2D eigenvalue weighted by molar-refractivity contribution is 9.10. The van der Waals surface area contributed by atoms with Crippen LogP contribution < -0.4 is 4.90 Å². The zero-order valence-electron chi connectivity index (χ0n) is 13.6. The molecule has 0 bridgehead atoms. The number of aromatic nitrogens is 1. The van der Waals surface area contributed by atoms with Gasteiger partial charge >= 0.3 is 0 Å². The molecule has 1 aromatic rings. The maximum atomic E-state index is 12.4.